The number of hydrogen-bond acceptors (Lipinski definition) is 4. The van der Waals surface area contributed by atoms with Crippen molar-refractivity contribution in [1.82, 2.24) is 15.5 Å². The van der Waals surface area contributed by atoms with Crippen molar-refractivity contribution >= 4 is 0 Å². The fraction of sp³-hybridized carbons (Fsp3) is 0.833. The Morgan fingerprint density at radius 1 is 1.44 bits per heavy atom. The molecule has 1 aliphatic carbocycles. The number of hydrogen-bond donors (Lipinski definition) is 1. The third-order valence-corrected chi connectivity index (χ3v) is 3.58. The van der Waals surface area contributed by atoms with E-state index in [9.17, 15) is 0 Å². The molecule has 0 bridgehead atoms. The van der Waals surface area contributed by atoms with Crippen LogP contribution in [0.3, 0.4) is 0 Å². The van der Waals surface area contributed by atoms with Crippen LogP contribution in [0.15, 0.2) is 4.52 Å². The van der Waals surface area contributed by atoms with Crippen molar-refractivity contribution in [2.24, 2.45) is 5.41 Å². The van der Waals surface area contributed by atoms with Gasteiger partial charge in [0.05, 0.1) is 6.54 Å². The molecular weight excluding hydrogens is 202 g/mol. The highest BCUT2D eigenvalue weighted by molar-refractivity contribution is 4.90. The molecule has 1 fully saturated rings. The molecule has 0 spiro atoms. The van der Waals surface area contributed by atoms with Crippen LogP contribution in [-0.4, -0.2) is 16.2 Å². The minimum absolute atomic E-state index is 0.382. The van der Waals surface area contributed by atoms with Crippen LogP contribution in [0.2, 0.25) is 0 Å². The number of aromatic nitrogens is 2. The van der Waals surface area contributed by atoms with Crippen molar-refractivity contribution in [3.8, 4) is 0 Å². The lowest BCUT2D eigenvalue weighted by Gasteiger charge is -2.39. The fourth-order valence-corrected chi connectivity index (χ4v) is 2.49. The highest BCUT2D eigenvalue weighted by atomic mass is 16.5. The SMILES string of the molecule is Cc1noc(CNC2CCCCC2(C)C)n1. The standard InChI is InChI=1S/C12H21N3O/c1-9-14-11(16-15-9)8-13-10-6-4-5-7-12(10,2)3/h10,13H,4-8H2,1-3H3. The molecule has 0 aliphatic heterocycles. The van der Waals surface area contributed by atoms with E-state index >= 15 is 0 Å². The van der Waals surface area contributed by atoms with Gasteiger partial charge in [-0.2, -0.15) is 4.98 Å². The van der Waals surface area contributed by atoms with Crippen LogP contribution >= 0.6 is 0 Å². The van der Waals surface area contributed by atoms with E-state index in [1.54, 1.807) is 0 Å². The Labute approximate surface area is 96.8 Å². The molecule has 4 heteroatoms. The molecule has 1 aliphatic rings. The molecule has 1 unspecified atom stereocenters. The van der Waals surface area contributed by atoms with E-state index in [-0.39, 0.29) is 0 Å². The highest BCUT2D eigenvalue weighted by Gasteiger charge is 2.31. The van der Waals surface area contributed by atoms with Gasteiger partial charge in [-0.05, 0) is 25.2 Å². The second kappa shape index (κ2) is 4.53. The molecule has 90 valence electrons. The number of rotatable bonds is 3. The third-order valence-electron chi connectivity index (χ3n) is 3.58. The summed E-state index contributed by atoms with van der Waals surface area (Å²) >= 11 is 0. The minimum Gasteiger partial charge on any atom is -0.338 e. The molecule has 2 rings (SSSR count). The summed E-state index contributed by atoms with van der Waals surface area (Å²) < 4.78 is 5.10. The fourth-order valence-electron chi connectivity index (χ4n) is 2.49. The molecule has 1 aromatic heterocycles. The molecule has 0 radical (unpaired) electrons. The van der Waals surface area contributed by atoms with E-state index in [4.69, 9.17) is 4.52 Å². The van der Waals surface area contributed by atoms with Crippen LogP contribution in [0.4, 0.5) is 0 Å². The van der Waals surface area contributed by atoms with E-state index in [0.717, 1.165) is 0 Å². The van der Waals surface area contributed by atoms with Crippen LogP contribution in [-0.2, 0) is 6.54 Å². The van der Waals surface area contributed by atoms with Gasteiger partial charge in [0.2, 0.25) is 5.89 Å². The van der Waals surface area contributed by atoms with Gasteiger partial charge in [-0.15, -0.1) is 0 Å². The highest BCUT2D eigenvalue weighted by Crippen LogP contribution is 2.35. The zero-order chi connectivity index (χ0) is 11.6. The molecule has 1 saturated carbocycles. The minimum atomic E-state index is 0.382. The maximum Gasteiger partial charge on any atom is 0.240 e. The summed E-state index contributed by atoms with van der Waals surface area (Å²) in [5.74, 6) is 1.40. The summed E-state index contributed by atoms with van der Waals surface area (Å²) in [6.45, 7) is 7.21. The lowest BCUT2D eigenvalue weighted by molar-refractivity contribution is 0.162. The van der Waals surface area contributed by atoms with E-state index in [0.29, 0.717) is 29.7 Å². The van der Waals surface area contributed by atoms with Gasteiger partial charge in [-0.1, -0.05) is 31.8 Å². The maximum atomic E-state index is 5.10. The Hall–Kier alpha value is -0.900. The largest absolute Gasteiger partial charge is 0.338 e. The van der Waals surface area contributed by atoms with Crippen LogP contribution in [0.25, 0.3) is 0 Å². The van der Waals surface area contributed by atoms with Gasteiger partial charge in [0.15, 0.2) is 5.82 Å². The first-order valence-electron chi connectivity index (χ1n) is 6.10. The molecule has 0 aromatic carbocycles. The first kappa shape index (κ1) is 11.6. The second-order valence-electron chi connectivity index (χ2n) is 5.40. The van der Waals surface area contributed by atoms with Gasteiger partial charge in [0.25, 0.3) is 0 Å². The van der Waals surface area contributed by atoms with Crippen LogP contribution < -0.4 is 5.32 Å². The van der Waals surface area contributed by atoms with Crippen molar-refractivity contribution in [1.29, 1.82) is 0 Å². The van der Waals surface area contributed by atoms with Gasteiger partial charge in [0.1, 0.15) is 0 Å². The van der Waals surface area contributed by atoms with Crippen molar-refractivity contribution in [3.05, 3.63) is 11.7 Å². The molecular formula is C12H21N3O. The summed E-state index contributed by atoms with van der Waals surface area (Å²) in [6, 6.07) is 0.563. The third kappa shape index (κ3) is 2.61. The Kier molecular flexibility index (Phi) is 3.28. The predicted molar refractivity (Wildman–Crippen MR) is 61.9 cm³/mol. The van der Waals surface area contributed by atoms with Gasteiger partial charge < -0.3 is 9.84 Å². The first-order valence-corrected chi connectivity index (χ1v) is 6.10. The second-order valence-corrected chi connectivity index (χ2v) is 5.40. The monoisotopic (exact) mass is 223 g/mol. The van der Waals surface area contributed by atoms with Crippen LogP contribution in [0.1, 0.15) is 51.2 Å². The van der Waals surface area contributed by atoms with Crippen LogP contribution in [0.5, 0.6) is 0 Å². The summed E-state index contributed by atoms with van der Waals surface area (Å²) in [7, 11) is 0. The zero-order valence-electron chi connectivity index (χ0n) is 10.4. The topological polar surface area (TPSA) is 51.0 Å². The molecule has 0 saturated heterocycles. The molecule has 0 amide bonds. The van der Waals surface area contributed by atoms with Gasteiger partial charge in [-0.25, -0.2) is 0 Å². The van der Waals surface area contributed by atoms with Crippen LogP contribution in [0, 0.1) is 12.3 Å². The average molecular weight is 223 g/mol. The summed E-state index contributed by atoms with van der Waals surface area (Å²) in [5.41, 5.74) is 0.382. The molecule has 16 heavy (non-hydrogen) atoms. The Morgan fingerprint density at radius 3 is 2.88 bits per heavy atom. The summed E-state index contributed by atoms with van der Waals surface area (Å²) in [4.78, 5) is 4.20. The van der Waals surface area contributed by atoms with E-state index < -0.39 is 0 Å². The zero-order valence-corrected chi connectivity index (χ0v) is 10.4. The van der Waals surface area contributed by atoms with E-state index in [2.05, 4.69) is 29.3 Å². The van der Waals surface area contributed by atoms with Crippen molar-refractivity contribution in [3.63, 3.8) is 0 Å². The van der Waals surface area contributed by atoms with E-state index in [1.807, 2.05) is 6.92 Å². The molecule has 1 N–H and O–H groups in total. The molecule has 1 aromatic rings. The van der Waals surface area contributed by atoms with Gasteiger partial charge >= 0.3 is 0 Å². The van der Waals surface area contributed by atoms with E-state index in [1.165, 1.54) is 25.7 Å². The Morgan fingerprint density at radius 2 is 2.25 bits per heavy atom. The Bertz CT molecular complexity index is 346. The number of nitrogens with zero attached hydrogens (tertiary/aromatic N) is 2. The normalized spacial score (nSPS) is 24.6. The lowest BCUT2D eigenvalue weighted by Crippen LogP contribution is -2.43. The molecule has 4 nitrogen and oxygen atoms in total. The average Bonchev–Trinajstić information content (AvgIpc) is 2.62. The van der Waals surface area contributed by atoms with Gasteiger partial charge in [0, 0.05) is 6.04 Å². The first-order chi connectivity index (χ1) is 7.58. The Balaban J connectivity index is 1.89. The molecule has 1 atom stereocenters. The summed E-state index contributed by atoms with van der Waals surface area (Å²) in [6.07, 6.45) is 5.22. The maximum absolute atomic E-state index is 5.10. The quantitative estimate of drug-likeness (QED) is 0.855. The summed E-state index contributed by atoms with van der Waals surface area (Å²) in [5, 5.41) is 7.34. The number of aryl methyl sites for hydroxylation is 1. The van der Waals surface area contributed by atoms with Crippen molar-refractivity contribution < 1.29 is 4.52 Å². The van der Waals surface area contributed by atoms with Crippen molar-refractivity contribution in [2.75, 3.05) is 0 Å². The smallest absolute Gasteiger partial charge is 0.240 e. The molecule has 1 heterocycles. The van der Waals surface area contributed by atoms with Gasteiger partial charge in [-0.3, -0.25) is 0 Å². The lowest BCUT2D eigenvalue weighted by atomic mass is 9.73. The predicted octanol–water partition coefficient (Wildman–Crippen LogP) is 2.44. The number of nitrogens with one attached hydrogen (secondary N) is 1. The van der Waals surface area contributed by atoms with Crippen molar-refractivity contribution in [2.45, 2.75) is 59.0 Å².